The summed E-state index contributed by atoms with van der Waals surface area (Å²) < 4.78 is 0. The summed E-state index contributed by atoms with van der Waals surface area (Å²) in [4.78, 5) is 47.0. The Morgan fingerprint density at radius 1 is 0.846 bits per heavy atom. The molecular weight excluding hydrogens is 340 g/mol. The SMILES string of the molecule is CC(C)CC(N)C(=O)NC(C)C(=O)NC(CC(C)C)C(=O)NCC(=O)O. The first-order chi connectivity index (χ1) is 11.9. The van der Waals surface area contributed by atoms with Gasteiger partial charge in [-0.05, 0) is 31.6 Å². The number of carbonyl (C=O) groups excluding carboxylic acids is 3. The van der Waals surface area contributed by atoms with Crippen LogP contribution in [-0.4, -0.2) is 53.5 Å². The highest BCUT2D eigenvalue weighted by Gasteiger charge is 2.26. The number of nitrogens with two attached hydrogens (primary N) is 1. The van der Waals surface area contributed by atoms with Crippen LogP contribution < -0.4 is 21.7 Å². The van der Waals surface area contributed by atoms with Gasteiger partial charge in [0.1, 0.15) is 18.6 Å². The van der Waals surface area contributed by atoms with Gasteiger partial charge in [0.2, 0.25) is 17.7 Å². The molecule has 0 aromatic rings. The number of rotatable bonds is 11. The minimum atomic E-state index is -1.17. The molecule has 0 aromatic carbocycles. The van der Waals surface area contributed by atoms with Crippen molar-refractivity contribution in [2.24, 2.45) is 17.6 Å². The van der Waals surface area contributed by atoms with E-state index in [0.29, 0.717) is 12.8 Å². The van der Waals surface area contributed by atoms with Gasteiger partial charge >= 0.3 is 5.97 Å². The third kappa shape index (κ3) is 9.97. The maximum absolute atomic E-state index is 12.3. The Balaban J connectivity index is 4.77. The van der Waals surface area contributed by atoms with Crippen molar-refractivity contribution < 1.29 is 24.3 Å². The lowest BCUT2D eigenvalue weighted by Crippen LogP contribution is -2.55. The van der Waals surface area contributed by atoms with Gasteiger partial charge in [-0.2, -0.15) is 0 Å². The highest BCUT2D eigenvalue weighted by molar-refractivity contribution is 5.93. The number of nitrogens with one attached hydrogen (secondary N) is 3. The maximum Gasteiger partial charge on any atom is 0.322 e. The second-order valence-electron chi connectivity index (χ2n) is 7.27. The topological polar surface area (TPSA) is 151 Å². The largest absolute Gasteiger partial charge is 0.480 e. The number of hydrogen-bond donors (Lipinski definition) is 5. The first-order valence-electron chi connectivity index (χ1n) is 8.79. The zero-order valence-electron chi connectivity index (χ0n) is 16.2. The lowest BCUT2D eigenvalue weighted by Gasteiger charge is -2.23. The highest BCUT2D eigenvalue weighted by atomic mass is 16.4. The van der Waals surface area contributed by atoms with Gasteiger partial charge in [0.25, 0.3) is 0 Å². The van der Waals surface area contributed by atoms with E-state index in [1.807, 2.05) is 27.7 Å². The smallest absolute Gasteiger partial charge is 0.322 e. The number of carboxylic acid groups (broad SMARTS) is 1. The van der Waals surface area contributed by atoms with Crippen molar-refractivity contribution in [1.82, 2.24) is 16.0 Å². The molecule has 0 bridgehead atoms. The average Bonchev–Trinajstić information content (AvgIpc) is 2.50. The normalized spacial score (nSPS) is 14.5. The van der Waals surface area contributed by atoms with Crippen LogP contribution in [0.1, 0.15) is 47.5 Å². The molecule has 0 spiro atoms. The molecule has 0 aliphatic heterocycles. The Kier molecular flexibility index (Phi) is 10.5. The lowest BCUT2D eigenvalue weighted by atomic mass is 10.0. The van der Waals surface area contributed by atoms with E-state index in [1.165, 1.54) is 6.92 Å². The van der Waals surface area contributed by atoms with Crippen LogP contribution >= 0.6 is 0 Å². The Morgan fingerprint density at radius 2 is 1.38 bits per heavy atom. The number of hydrogen-bond acceptors (Lipinski definition) is 5. The summed E-state index contributed by atoms with van der Waals surface area (Å²) >= 11 is 0. The van der Waals surface area contributed by atoms with Crippen molar-refractivity contribution in [3.8, 4) is 0 Å². The summed E-state index contributed by atoms with van der Waals surface area (Å²) in [7, 11) is 0. The van der Waals surface area contributed by atoms with Crippen LogP contribution in [0.3, 0.4) is 0 Å². The molecule has 0 aromatic heterocycles. The van der Waals surface area contributed by atoms with E-state index in [0.717, 1.165) is 0 Å². The van der Waals surface area contributed by atoms with Gasteiger partial charge in [-0.1, -0.05) is 27.7 Å². The van der Waals surface area contributed by atoms with Gasteiger partial charge in [0.05, 0.1) is 6.04 Å². The molecule has 9 heteroatoms. The molecule has 0 aliphatic carbocycles. The molecule has 0 fully saturated rings. The van der Waals surface area contributed by atoms with Crippen molar-refractivity contribution in [2.45, 2.75) is 65.6 Å². The standard InChI is InChI=1S/C17H32N4O5/c1-9(2)6-12(18)16(25)20-11(5)15(24)21-13(7-10(3)4)17(26)19-8-14(22)23/h9-13H,6-8,18H2,1-5H3,(H,19,26)(H,20,25)(H,21,24)(H,22,23). The van der Waals surface area contributed by atoms with E-state index in [9.17, 15) is 19.2 Å². The third-order valence-corrected chi connectivity index (χ3v) is 3.57. The van der Waals surface area contributed by atoms with E-state index in [4.69, 9.17) is 10.8 Å². The van der Waals surface area contributed by atoms with Crippen LogP contribution in [0.25, 0.3) is 0 Å². The Bertz CT molecular complexity index is 507. The van der Waals surface area contributed by atoms with Crippen LogP contribution in [0.4, 0.5) is 0 Å². The minimum absolute atomic E-state index is 0.0974. The van der Waals surface area contributed by atoms with Gasteiger partial charge in [-0.15, -0.1) is 0 Å². The van der Waals surface area contributed by atoms with E-state index in [2.05, 4.69) is 16.0 Å². The van der Waals surface area contributed by atoms with Crippen LogP contribution in [-0.2, 0) is 19.2 Å². The quantitative estimate of drug-likeness (QED) is 0.333. The fraction of sp³-hybridized carbons (Fsp3) is 0.765. The van der Waals surface area contributed by atoms with Crippen molar-refractivity contribution in [2.75, 3.05) is 6.54 Å². The number of aliphatic carboxylic acids is 1. The zero-order valence-corrected chi connectivity index (χ0v) is 16.2. The summed E-state index contributed by atoms with van der Waals surface area (Å²) in [6.07, 6.45) is 0.832. The van der Waals surface area contributed by atoms with Gasteiger partial charge < -0.3 is 26.8 Å². The molecule has 3 unspecified atom stereocenters. The first-order valence-corrected chi connectivity index (χ1v) is 8.79. The molecule has 0 saturated heterocycles. The molecule has 0 heterocycles. The number of carboxylic acids is 1. The van der Waals surface area contributed by atoms with Crippen LogP contribution in [0.2, 0.25) is 0 Å². The monoisotopic (exact) mass is 372 g/mol. The predicted molar refractivity (Wildman–Crippen MR) is 97.1 cm³/mol. The average molecular weight is 372 g/mol. The maximum atomic E-state index is 12.3. The van der Waals surface area contributed by atoms with Crippen LogP contribution in [0, 0.1) is 11.8 Å². The van der Waals surface area contributed by atoms with Gasteiger partial charge in [0, 0.05) is 0 Å². The van der Waals surface area contributed by atoms with Crippen LogP contribution in [0.5, 0.6) is 0 Å². The fourth-order valence-electron chi connectivity index (χ4n) is 2.29. The molecular formula is C17H32N4O5. The van der Waals surface area contributed by atoms with E-state index < -0.39 is 48.4 Å². The molecule has 26 heavy (non-hydrogen) atoms. The van der Waals surface area contributed by atoms with Crippen molar-refractivity contribution in [1.29, 1.82) is 0 Å². The summed E-state index contributed by atoms with van der Waals surface area (Å²) in [6.45, 7) is 8.60. The number of amides is 3. The molecule has 3 atom stereocenters. The highest BCUT2D eigenvalue weighted by Crippen LogP contribution is 2.06. The second-order valence-corrected chi connectivity index (χ2v) is 7.27. The van der Waals surface area contributed by atoms with E-state index in [-0.39, 0.29) is 11.8 Å². The van der Waals surface area contributed by atoms with E-state index in [1.54, 1.807) is 0 Å². The molecule has 9 nitrogen and oxygen atoms in total. The zero-order chi connectivity index (χ0) is 20.4. The second kappa shape index (κ2) is 11.5. The fourth-order valence-corrected chi connectivity index (χ4v) is 2.29. The molecule has 6 N–H and O–H groups in total. The molecule has 0 saturated carbocycles. The van der Waals surface area contributed by atoms with Crippen molar-refractivity contribution in [3.63, 3.8) is 0 Å². The molecule has 150 valence electrons. The summed E-state index contributed by atoms with van der Waals surface area (Å²) in [5.74, 6) is -2.38. The van der Waals surface area contributed by atoms with Gasteiger partial charge in [-0.3, -0.25) is 19.2 Å². The Hall–Kier alpha value is -2.16. The van der Waals surface area contributed by atoms with Crippen molar-refractivity contribution >= 4 is 23.7 Å². The summed E-state index contributed by atoms with van der Waals surface area (Å²) in [5, 5.41) is 16.0. The van der Waals surface area contributed by atoms with Crippen molar-refractivity contribution in [3.05, 3.63) is 0 Å². The third-order valence-electron chi connectivity index (χ3n) is 3.57. The molecule has 0 aliphatic rings. The first kappa shape index (κ1) is 23.8. The number of carbonyl (C=O) groups is 4. The molecule has 3 amide bonds. The Morgan fingerprint density at radius 3 is 1.85 bits per heavy atom. The molecule has 0 radical (unpaired) electrons. The predicted octanol–water partition coefficient (Wildman–Crippen LogP) is -0.404. The van der Waals surface area contributed by atoms with E-state index >= 15 is 0 Å². The lowest BCUT2D eigenvalue weighted by molar-refractivity contribution is -0.138. The summed E-state index contributed by atoms with van der Waals surface area (Å²) in [6, 6.07) is -2.47. The van der Waals surface area contributed by atoms with Gasteiger partial charge in [-0.25, -0.2) is 0 Å². The Labute approximate surface area is 154 Å². The summed E-state index contributed by atoms with van der Waals surface area (Å²) in [5.41, 5.74) is 5.79. The molecule has 0 rings (SSSR count). The minimum Gasteiger partial charge on any atom is -0.480 e. The van der Waals surface area contributed by atoms with Gasteiger partial charge in [0.15, 0.2) is 0 Å². The van der Waals surface area contributed by atoms with Crippen LogP contribution in [0.15, 0.2) is 0 Å².